The molecule has 0 atom stereocenters. The molecule has 0 aromatic carbocycles. The molecule has 0 saturated heterocycles. The van der Waals surface area contributed by atoms with Gasteiger partial charge in [-0.15, -0.1) is 0 Å². The van der Waals surface area contributed by atoms with E-state index in [9.17, 15) is 0 Å². The summed E-state index contributed by atoms with van der Waals surface area (Å²) in [5.41, 5.74) is 2.27. The summed E-state index contributed by atoms with van der Waals surface area (Å²) in [5.74, 6) is 0.764. The van der Waals surface area contributed by atoms with E-state index in [4.69, 9.17) is 4.74 Å². The highest BCUT2D eigenvalue weighted by Gasteiger charge is 2.10. The second-order valence-corrected chi connectivity index (χ2v) is 5.55. The van der Waals surface area contributed by atoms with Gasteiger partial charge in [-0.1, -0.05) is 6.92 Å². The predicted molar refractivity (Wildman–Crippen MR) is 73.3 cm³/mol. The van der Waals surface area contributed by atoms with E-state index in [1.807, 2.05) is 13.1 Å². The number of hydrogen-bond donors (Lipinski definition) is 1. The second kappa shape index (κ2) is 6.81. The van der Waals surface area contributed by atoms with E-state index >= 15 is 0 Å². The van der Waals surface area contributed by atoms with Crippen molar-refractivity contribution in [3.05, 3.63) is 23.3 Å². The highest BCUT2D eigenvalue weighted by molar-refractivity contribution is 5.16. The van der Waals surface area contributed by atoms with Crippen molar-refractivity contribution in [2.24, 2.45) is 0 Å². The molecule has 1 aromatic heterocycles. The second-order valence-electron chi connectivity index (χ2n) is 5.55. The van der Waals surface area contributed by atoms with Crippen LogP contribution in [-0.2, 0) is 17.9 Å². The first-order valence-electron chi connectivity index (χ1n) is 6.56. The van der Waals surface area contributed by atoms with E-state index in [-0.39, 0.29) is 5.54 Å². The predicted octanol–water partition coefficient (Wildman–Crippen LogP) is 2.60. The summed E-state index contributed by atoms with van der Waals surface area (Å²) in [7, 11) is 0. The van der Waals surface area contributed by atoms with Crippen molar-refractivity contribution in [2.45, 2.75) is 59.7 Å². The van der Waals surface area contributed by atoms with E-state index in [2.05, 4.69) is 43.0 Å². The summed E-state index contributed by atoms with van der Waals surface area (Å²) in [6.07, 6.45) is 2.91. The smallest absolute Gasteiger partial charge is 0.154 e. The topological polar surface area (TPSA) is 47.0 Å². The maximum Gasteiger partial charge on any atom is 0.154 e. The highest BCUT2D eigenvalue weighted by atomic mass is 16.5. The summed E-state index contributed by atoms with van der Waals surface area (Å²) in [6.45, 7) is 12.6. The van der Waals surface area contributed by atoms with Crippen molar-refractivity contribution >= 4 is 0 Å². The van der Waals surface area contributed by atoms with Crippen LogP contribution in [-0.4, -0.2) is 22.1 Å². The van der Waals surface area contributed by atoms with Crippen molar-refractivity contribution in [3.63, 3.8) is 0 Å². The Bertz CT molecular complexity index is 372. The molecule has 1 heterocycles. The van der Waals surface area contributed by atoms with Crippen LogP contribution in [0.25, 0.3) is 0 Å². The van der Waals surface area contributed by atoms with Crippen LogP contribution in [0.1, 0.15) is 51.2 Å². The fourth-order valence-corrected chi connectivity index (χ4v) is 1.45. The van der Waals surface area contributed by atoms with Gasteiger partial charge in [0, 0.05) is 36.1 Å². The Morgan fingerprint density at radius 3 is 2.61 bits per heavy atom. The molecule has 18 heavy (non-hydrogen) atoms. The van der Waals surface area contributed by atoms with Gasteiger partial charge in [0.15, 0.2) is 5.82 Å². The van der Waals surface area contributed by atoms with Gasteiger partial charge in [0.05, 0.1) is 0 Å². The van der Waals surface area contributed by atoms with Crippen molar-refractivity contribution in [1.82, 2.24) is 15.3 Å². The molecule has 0 unspecified atom stereocenters. The Kier molecular flexibility index (Phi) is 5.69. The fourth-order valence-electron chi connectivity index (χ4n) is 1.45. The third-order valence-corrected chi connectivity index (χ3v) is 2.52. The van der Waals surface area contributed by atoms with Crippen LogP contribution in [0, 0.1) is 6.92 Å². The normalized spacial score (nSPS) is 11.8. The molecule has 0 saturated carbocycles. The minimum Gasteiger partial charge on any atom is -0.373 e. The van der Waals surface area contributed by atoms with E-state index in [0.29, 0.717) is 6.61 Å². The first-order chi connectivity index (χ1) is 8.42. The number of aromatic nitrogens is 2. The zero-order valence-corrected chi connectivity index (χ0v) is 12.2. The van der Waals surface area contributed by atoms with Crippen LogP contribution >= 0.6 is 0 Å². The van der Waals surface area contributed by atoms with Crippen LogP contribution in [0.2, 0.25) is 0 Å². The number of nitrogens with zero attached hydrogens (tertiary/aromatic N) is 2. The molecule has 4 nitrogen and oxygen atoms in total. The van der Waals surface area contributed by atoms with Crippen LogP contribution in [0.15, 0.2) is 6.20 Å². The molecule has 0 aliphatic carbocycles. The maximum absolute atomic E-state index is 5.44. The number of nitrogens with one attached hydrogen (secondary N) is 1. The molecule has 0 aliphatic heterocycles. The summed E-state index contributed by atoms with van der Waals surface area (Å²) in [5, 5.41) is 3.44. The molecule has 0 amide bonds. The molecule has 0 radical (unpaired) electrons. The number of aryl methyl sites for hydroxylation is 1. The lowest BCUT2D eigenvalue weighted by molar-refractivity contribution is 0.116. The minimum atomic E-state index is 0.106. The average Bonchev–Trinajstić information content (AvgIpc) is 2.27. The summed E-state index contributed by atoms with van der Waals surface area (Å²) >= 11 is 0. The monoisotopic (exact) mass is 251 g/mol. The summed E-state index contributed by atoms with van der Waals surface area (Å²) < 4.78 is 5.44. The Morgan fingerprint density at radius 1 is 1.33 bits per heavy atom. The SMILES string of the molecule is CCCOCc1ncc(CNC(C)(C)C)c(C)n1. The lowest BCUT2D eigenvalue weighted by Gasteiger charge is -2.21. The van der Waals surface area contributed by atoms with E-state index < -0.39 is 0 Å². The average molecular weight is 251 g/mol. The third kappa shape index (κ3) is 5.56. The first-order valence-corrected chi connectivity index (χ1v) is 6.56. The van der Waals surface area contributed by atoms with Crippen LogP contribution in [0.4, 0.5) is 0 Å². The molecule has 0 fully saturated rings. The van der Waals surface area contributed by atoms with Gasteiger partial charge in [0.1, 0.15) is 6.61 Å². The molecular formula is C14H25N3O. The Hall–Kier alpha value is -1.00. The molecule has 0 spiro atoms. The van der Waals surface area contributed by atoms with Crippen molar-refractivity contribution in [2.75, 3.05) is 6.61 Å². The largest absolute Gasteiger partial charge is 0.373 e. The quantitative estimate of drug-likeness (QED) is 0.789. The number of ether oxygens (including phenoxy) is 1. The van der Waals surface area contributed by atoms with Gasteiger partial charge in [-0.3, -0.25) is 0 Å². The molecular weight excluding hydrogens is 226 g/mol. The third-order valence-electron chi connectivity index (χ3n) is 2.52. The molecule has 1 aromatic rings. The molecule has 102 valence electrons. The van der Waals surface area contributed by atoms with Crippen LogP contribution in [0.3, 0.4) is 0 Å². The van der Waals surface area contributed by atoms with Crippen molar-refractivity contribution in [3.8, 4) is 0 Å². The van der Waals surface area contributed by atoms with Crippen molar-refractivity contribution < 1.29 is 4.74 Å². The first kappa shape index (κ1) is 15.1. The zero-order valence-electron chi connectivity index (χ0n) is 12.2. The van der Waals surface area contributed by atoms with E-state index in [0.717, 1.165) is 36.7 Å². The fraction of sp³-hybridized carbons (Fsp3) is 0.714. The van der Waals surface area contributed by atoms with Crippen LogP contribution in [0.5, 0.6) is 0 Å². The van der Waals surface area contributed by atoms with E-state index in [1.54, 1.807) is 0 Å². The zero-order chi connectivity index (χ0) is 13.6. The van der Waals surface area contributed by atoms with Crippen molar-refractivity contribution in [1.29, 1.82) is 0 Å². The van der Waals surface area contributed by atoms with Gasteiger partial charge in [-0.2, -0.15) is 0 Å². The van der Waals surface area contributed by atoms with Gasteiger partial charge in [0.2, 0.25) is 0 Å². The molecule has 0 aliphatic rings. The van der Waals surface area contributed by atoms with Gasteiger partial charge >= 0.3 is 0 Å². The lowest BCUT2D eigenvalue weighted by Crippen LogP contribution is -2.35. The van der Waals surface area contributed by atoms with Gasteiger partial charge in [-0.05, 0) is 34.1 Å². The van der Waals surface area contributed by atoms with Gasteiger partial charge < -0.3 is 10.1 Å². The molecule has 1 N–H and O–H groups in total. The standard InChI is InChI=1S/C14H25N3O/c1-6-7-18-10-13-15-8-12(11(2)17-13)9-16-14(3,4)5/h8,16H,6-7,9-10H2,1-5H3. The Labute approximate surface area is 110 Å². The molecule has 4 heteroatoms. The van der Waals surface area contributed by atoms with Gasteiger partial charge in [0.25, 0.3) is 0 Å². The summed E-state index contributed by atoms with van der Waals surface area (Å²) in [6, 6.07) is 0. The Balaban J connectivity index is 2.56. The summed E-state index contributed by atoms with van der Waals surface area (Å²) in [4.78, 5) is 8.81. The van der Waals surface area contributed by atoms with E-state index in [1.165, 1.54) is 0 Å². The Morgan fingerprint density at radius 2 is 2.06 bits per heavy atom. The molecule has 0 bridgehead atoms. The minimum absolute atomic E-state index is 0.106. The highest BCUT2D eigenvalue weighted by Crippen LogP contribution is 2.07. The maximum atomic E-state index is 5.44. The number of rotatable bonds is 6. The number of hydrogen-bond acceptors (Lipinski definition) is 4. The van der Waals surface area contributed by atoms with Crippen LogP contribution < -0.4 is 5.32 Å². The van der Waals surface area contributed by atoms with Gasteiger partial charge in [-0.25, -0.2) is 9.97 Å². The molecule has 1 rings (SSSR count). The lowest BCUT2D eigenvalue weighted by atomic mass is 10.1.